The molecule has 118 valence electrons. The number of carbonyl (C=O) groups excluding carboxylic acids is 2. The zero-order valence-electron chi connectivity index (χ0n) is 12.2. The SMILES string of the molecule is COc1cccc(NC(=O)C(=O)N/N=C\c2ccc(Cl)cc2)c1. The summed E-state index contributed by atoms with van der Waals surface area (Å²) in [6, 6.07) is 13.5. The average Bonchev–Trinajstić information content (AvgIpc) is 2.56. The third-order valence-electron chi connectivity index (χ3n) is 2.78. The van der Waals surface area contributed by atoms with Crippen LogP contribution in [0, 0.1) is 0 Å². The lowest BCUT2D eigenvalue weighted by Gasteiger charge is -2.05. The van der Waals surface area contributed by atoms with Crippen molar-refractivity contribution in [2.45, 2.75) is 0 Å². The molecule has 0 unspecified atom stereocenters. The predicted octanol–water partition coefficient (Wildman–Crippen LogP) is 2.44. The van der Waals surface area contributed by atoms with Gasteiger partial charge in [-0.3, -0.25) is 9.59 Å². The van der Waals surface area contributed by atoms with Gasteiger partial charge in [0.05, 0.1) is 13.3 Å². The number of anilines is 1. The highest BCUT2D eigenvalue weighted by Crippen LogP contribution is 2.16. The summed E-state index contributed by atoms with van der Waals surface area (Å²) >= 11 is 5.76. The Hall–Kier alpha value is -2.86. The fraction of sp³-hybridized carbons (Fsp3) is 0.0625. The van der Waals surface area contributed by atoms with E-state index in [1.807, 2.05) is 0 Å². The van der Waals surface area contributed by atoms with Crippen molar-refractivity contribution in [3.63, 3.8) is 0 Å². The van der Waals surface area contributed by atoms with Crippen LogP contribution in [0.4, 0.5) is 5.69 Å². The number of rotatable bonds is 4. The van der Waals surface area contributed by atoms with Gasteiger partial charge in [0.25, 0.3) is 0 Å². The van der Waals surface area contributed by atoms with Gasteiger partial charge in [0, 0.05) is 16.8 Å². The third-order valence-corrected chi connectivity index (χ3v) is 3.04. The molecule has 0 aliphatic heterocycles. The molecule has 0 saturated heterocycles. The van der Waals surface area contributed by atoms with Gasteiger partial charge in [-0.25, -0.2) is 5.43 Å². The molecule has 0 aromatic heterocycles. The molecule has 0 radical (unpaired) electrons. The van der Waals surface area contributed by atoms with Crippen LogP contribution in [0.25, 0.3) is 0 Å². The van der Waals surface area contributed by atoms with E-state index >= 15 is 0 Å². The van der Waals surface area contributed by atoms with Crippen LogP contribution in [0.1, 0.15) is 5.56 Å². The minimum absolute atomic E-state index is 0.450. The number of nitrogens with one attached hydrogen (secondary N) is 2. The van der Waals surface area contributed by atoms with E-state index in [9.17, 15) is 9.59 Å². The van der Waals surface area contributed by atoms with Crippen molar-refractivity contribution in [2.24, 2.45) is 5.10 Å². The highest BCUT2D eigenvalue weighted by Gasteiger charge is 2.12. The first kappa shape index (κ1) is 16.5. The zero-order chi connectivity index (χ0) is 16.7. The van der Waals surface area contributed by atoms with Crippen molar-refractivity contribution >= 4 is 35.3 Å². The molecule has 2 aromatic rings. The summed E-state index contributed by atoms with van der Waals surface area (Å²) < 4.78 is 5.03. The van der Waals surface area contributed by atoms with Crippen molar-refractivity contribution in [2.75, 3.05) is 12.4 Å². The summed E-state index contributed by atoms with van der Waals surface area (Å²) in [5.41, 5.74) is 3.34. The number of hydrogen-bond acceptors (Lipinski definition) is 4. The monoisotopic (exact) mass is 331 g/mol. The van der Waals surface area contributed by atoms with Gasteiger partial charge in [-0.05, 0) is 29.8 Å². The van der Waals surface area contributed by atoms with E-state index in [0.29, 0.717) is 16.5 Å². The van der Waals surface area contributed by atoms with Crippen LogP contribution in [-0.2, 0) is 9.59 Å². The highest BCUT2D eigenvalue weighted by molar-refractivity contribution is 6.39. The van der Waals surface area contributed by atoms with Gasteiger partial charge >= 0.3 is 11.8 Å². The van der Waals surface area contributed by atoms with Crippen LogP contribution in [0.15, 0.2) is 53.6 Å². The van der Waals surface area contributed by atoms with Gasteiger partial charge in [-0.1, -0.05) is 29.8 Å². The van der Waals surface area contributed by atoms with E-state index < -0.39 is 11.8 Å². The molecule has 2 amide bonds. The summed E-state index contributed by atoms with van der Waals surface area (Å²) in [7, 11) is 1.51. The van der Waals surface area contributed by atoms with E-state index in [1.54, 1.807) is 48.5 Å². The topological polar surface area (TPSA) is 79.8 Å². The number of nitrogens with zero attached hydrogens (tertiary/aromatic N) is 1. The number of amides is 2. The van der Waals surface area contributed by atoms with E-state index in [4.69, 9.17) is 16.3 Å². The fourth-order valence-corrected chi connectivity index (χ4v) is 1.78. The summed E-state index contributed by atoms with van der Waals surface area (Å²) in [6.07, 6.45) is 1.41. The minimum Gasteiger partial charge on any atom is -0.497 e. The molecule has 0 aliphatic carbocycles. The maximum atomic E-state index is 11.7. The number of carbonyl (C=O) groups is 2. The number of hydrazone groups is 1. The molecule has 2 aromatic carbocycles. The normalized spacial score (nSPS) is 10.3. The molecule has 0 saturated carbocycles. The van der Waals surface area contributed by atoms with Crippen molar-refractivity contribution < 1.29 is 14.3 Å². The molecule has 0 spiro atoms. The Morgan fingerprint density at radius 1 is 1.13 bits per heavy atom. The molecule has 2 rings (SSSR count). The first-order valence-electron chi connectivity index (χ1n) is 6.62. The molecule has 7 heteroatoms. The molecular formula is C16H14ClN3O3. The Morgan fingerprint density at radius 2 is 1.87 bits per heavy atom. The Kier molecular flexibility index (Phi) is 5.71. The second-order valence-corrected chi connectivity index (χ2v) is 4.87. The number of methoxy groups -OCH3 is 1. The third kappa shape index (κ3) is 5.12. The molecule has 0 aliphatic rings. The largest absolute Gasteiger partial charge is 0.497 e. The number of ether oxygens (including phenoxy) is 1. The summed E-state index contributed by atoms with van der Waals surface area (Å²) in [5, 5.41) is 6.77. The van der Waals surface area contributed by atoms with Gasteiger partial charge in [0.1, 0.15) is 5.75 Å². The number of hydrogen-bond donors (Lipinski definition) is 2. The maximum Gasteiger partial charge on any atom is 0.329 e. The number of halogens is 1. The van der Waals surface area contributed by atoms with Gasteiger partial charge < -0.3 is 10.1 Å². The highest BCUT2D eigenvalue weighted by atomic mass is 35.5. The van der Waals surface area contributed by atoms with Crippen LogP contribution in [-0.4, -0.2) is 25.1 Å². The Morgan fingerprint density at radius 3 is 2.57 bits per heavy atom. The molecule has 0 heterocycles. The van der Waals surface area contributed by atoms with E-state index in [0.717, 1.165) is 5.56 Å². The smallest absolute Gasteiger partial charge is 0.329 e. The molecular weight excluding hydrogens is 318 g/mol. The quantitative estimate of drug-likeness (QED) is 0.513. The van der Waals surface area contributed by atoms with E-state index in [1.165, 1.54) is 13.3 Å². The lowest BCUT2D eigenvalue weighted by Crippen LogP contribution is -2.32. The summed E-state index contributed by atoms with van der Waals surface area (Å²) in [4.78, 5) is 23.4. The summed E-state index contributed by atoms with van der Waals surface area (Å²) in [5.74, 6) is -1.13. The Balaban J connectivity index is 1.89. The average molecular weight is 332 g/mol. The first-order valence-corrected chi connectivity index (χ1v) is 7.00. The number of benzene rings is 2. The second-order valence-electron chi connectivity index (χ2n) is 4.44. The van der Waals surface area contributed by atoms with Gasteiger partial charge in [-0.15, -0.1) is 0 Å². The van der Waals surface area contributed by atoms with Crippen LogP contribution in [0.2, 0.25) is 5.02 Å². The molecule has 2 N–H and O–H groups in total. The van der Waals surface area contributed by atoms with Crippen molar-refractivity contribution in [1.29, 1.82) is 0 Å². The maximum absolute atomic E-state index is 11.7. The zero-order valence-corrected chi connectivity index (χ0v) is 13.0. The minimum atomic E-state index is -0.877. The molecule has 0 bridgehead atoms. The molecule has 0 fully saturated rings. The van der Waals surface area contributed by atoms with Gasteiger partial charge in [-0.2, -0.15) is 5.10 Å². The van der Waals surface area contributed by atoms with Crippen LogP contribution in [0.3, 0.4) is 0 Å². The van der Waals surface area contributed by atoms with Crippen LogP contribution < -0.4 is 15.5 Å². The summed E-state index contributed by atoms with van der Waals surface area (Å²) in [6.45, 7) is 0. The van der Waals surface area contributed by atoms with E-state index in [-0.39, 0.29) is 0 Å². The van der Waals surface area contributed by atoms with Crippen LogP contribution in [0.5, 0.6) is 5.75 Å². The van der Waals surface area contributed by atoms with Crippen molar-refractivity contribution in [1.82, 2.24) is 5.43 Å². The predicted molar refractivity (Wildman–Crippen MR) is 88.8 cm³/mol. The van der Waals surface area contributed by atoms with Crippen molar-refractivity contribution in [3.05, 3.63) is 59.1 Å². The molecule has 23 heavy (non-hydrogen) atoms. The van der Waals surface area contributed by atoms with Crippen LogP contribution >= 0.6 is 11.6 Å². The Bertz CT molecular complexity index is 730. The van der Waals surface area contributed by atoms with Crippen molar-refractivity contribution in [3.8, 4) is 5.75 Å². The first-order chi connectivity index (χ1) is 11.1. The molecule has 6 nitrogen and oxygen atoms in total. The Labute approximate surface area is 138 Å². The molecule has 0 atom stereocenters. The van der Waals surface area contributed by atoms with Gasteiger partial charge in [0.2, 0.25) is 0 Å². The van der Waals surface area contributed by atoms with E-state index in [2.05, 4.69) is 15.8 Å². The lowest BCUT2D eigenvalue weighted by atomic mass is 10.2. The second kappa shape index (κ2) is 7.95. The fourth-order valence-electron chi connectivity index (χ4n) is 1.65. The lowest BCUT2D eigenvalue weighted by molar-refractivity contribution is -0.136. The standard InChI is InChI=1S/C16H14ClN3O3/c1-23-14-4-2-3-13(9-14)19-15(21)16(22)20-18-10-11-5-7-12(17)8-6-11/h2-10H,1H3,(H,19,21)(H,20,22)/b18-10-. The van der Waals surface area contributed by atoms with Gasteiger partial charge in [0.15, 0.2) is 0 Å².